The number of aryl methyl sites for hydroxylation is 1. The number of hydrogen-bond donors (Lipinski definition) is 2. The van der Waals surface area contributed by atoms with E-state index in [0.29, 0.717) is 24.8 Å². The summed E-state index contributed by atoms with van der Waals surface area (Å²) in [7, 11) is -4.04. The molecule has 0 saturated carbocycles. The number of nitrogens with two attached hydrogens (primary N) is 1. The van der Waals surface area contributed by atoms with Gasteiger partial charge in [-0.1, -0.05) is 73.7 Å². The predicted octanol–water partition coefficient (Wildman–Crippen LogP) is 6.49. The summed E-state index contributed by atoms with van der Waals surface area (Å²) in [6, 6.07) is 21.3. The van der Waals surface area contributed by atoms with Crippen molar-refractivity contribution in [3.63, 3.8) is 0 Å². The van der Waals surface area contributed by atoms with Crippen molar-refractivity contribution in [2.75, 3.05) is 0 Å². The quantitative estimate of drug-likeness (QED) is 0.225. The summed E-state index contributed by atoms with van der Waals surface area (Å²) in [6.07, 6.45) is 3.43. The summed E-state index contributed by atoms with van der Waals surface area (Å²) in [4.78, 5) is 16.1. The van der Waals surface area contributed by atoms with Gasteiger partial charge in [0.2, 0.25) is 0 Å². The van der Waals surface area contributed by atoms with E-state index in [1.54, 1.807) is 6.08 Å². The second-order valence-corrected chi connectivity index (χ2v) is 11.3. The van der Waals surface area contributed by atoms with Crippen molar-refractivity contribution in [2.45, 2.75) is 55.8 Å². The van der Waals surface area contributed by atoms with Crippen molar-refractivity contribution in [1.29, 1.82) is 0 Å². The molecular formula is C31H33F3N2O5S. The summed E-state index contributed by atoms with van der Waals surface area (Å²) in [5.41, 5.74) is 0.282. The molecule has 3 atom stereocenters. The van der Waals surface area contributed by atoms with E-state index in [4.69, 9.17) is 4.74 Å². The maximum atomic E-state index is 13.0. The lowest BCUT2D eigenvalue weighted by atomic mass is 9.79. The Bertz CT molecular complexity index is 1490. The number of alkyl halides is 3. The van der Waals surface area contributed by atoms with Gasteiger partial charge in [-0.2, -0.15) is 13.2 Å². The first-order chi connectivity index (χ1) is 19.8. The van der Waals surface area contributed by atoms with Crippen molar-refractivity contribution in [1.82, 2.24) is 4.98 Å². The number of aliphatic hydroxyl groups excluding tert-OH is 1. The zero-order valence-corrected chi connectivity index (χ0v) is 24.0. The maximum absolute atomic E-state index is 13.0. The van der Waals surface area contributed by atoms with Gasteiger partial charge in [0.15, 0.2) is 10.6 Å². The van der Waals surface area contributed by atoms with E-state index in [-0.39, 0.29) is 17.6 Å². The second-order valence-electron chi connectivity index (χ2n) is 9.76. The molecule has 0 radical (unpaired) electrons. The van der Waals surface area contributed by atoms with Crippen molar-refractivity contribution < 1.29 is 36.2 Å². The third-order valence-electron chi connectivity index (χ3n) is 6.78. The maximum Gasteiger partial charge on any atom is 0.417 e. The molecule has 2 aromatic carbocycles. The molecule has 2 heterocycles. The molecule has 0 bridgehead atoms. The molecule has 3 aromatic rings. The average Bonchev–Trinajstić information content (AvgIpc) is 2.95. The lowest BCUT2D eigenvalue weighted by Crippen LogP contribution is -2.42. The fourth-order valence-electron chi connectivity index (χ4n) is 4.75. The smallest absolute Gasteiger partial charge is 0.417 e. The summed E-state index contributed by atoms with van der Waals surface area (Å²) >= 11 is 0. The molecule has 11 heteroatoms. The number of halogens is 3. The minimum atomic E-state index is -4.54. The van der Waals surface area contributed by atoms with Crippen LogP contribution in [-0.2, 0) is 32.2 Å². The topological polar surface area (TPSA) is 120 Å². The Morgan fingerprint density at radius 1 is 1.07 bits per heavy atom. The Kier molecular flexibility index (Phi) is 10.7. The minimum absolute atomic E-state index is 0.109. The number of esters is 1. The molecule has 1 aliphatic rings. The number of carbonyl (C=O) groups is 1. The molecule has 1 aliphatic heterocycles. The van der Waals surface area contributed by atoms with Crippen LogP contribution in [-0.4, -0.2) is 30.1 Å². The normalized spacial score (nSPS) is 19.8. The largest absolute Gasteiger partial charge is 0.512 e. The number of sulfonamides is 1. The summed E-state index contributed by atoms with van der Waals surface area (Å²) in [5.74, 6) is -1.02. The van der Waals surface area contributed by atoms with E-state index >= 15 is 0 Å². The van der Waals surface area contributed by atoms with Gasteiger partial charge in [-0.15, -0.1) is 0 Å². The van der Waals surface area contributed by atoms with Gasteiger partial charge in [-0.3, -0.25) is 4.79 Å². The SMILES string of the molecule is C/C=C/[C@@]1(CCc2ccccc2)C=C(O)C([C@@H](CC)c2ccccc2)C(=O)O1.NS(=O)(=O)c1ccc(C(F)(F)F)cn1. The lowest BCUT2D eigenvalue weighted by molar-refractivity contribution is -0.160. The number of aliphatic hydroxyl groups is 1. The molecule has 0 fully saturated rings. The first kappa shape index (κ1) is 32.6. The van der Waals surface area contributed by atoms with E-state index in [9.17, 15) is 31.5 Å². The molecule has 1 aromatic heterocycles. The van der Waals surface area contributed by atoms with Gasteiger partial charge >= 0.3 is 12.1 Å². The van der Waals surface area contributed by atoms with Crippen LogP contribution in [0.25, 0.3) is 0 Å². The van der Waals surface area contributed by atoms with Gasteiger partial charge in [-0.25, -0.2) is 18.5 Å². The lowest BCUT2D eigenvalue weighted by Gasteiger charge is -2.37. The van der Waals surface area contributed by atoms with Crippen LogP contribution in [0.1, 0.15) is 49.3 Å². The van der Waals surface area contributed by atoms with E-state index in [2.05, 4.69) is 22.3 Å². The number of allylic oxidation sites excluding steroid dienone is 1. The van der Waals surface area contributed by atoms with Crippen LogP contribution >= 0.6 is 0 Å². The summed E-state index contributed by atoms with van der Waals surface area (Å²) in [6.45, 7) is 3.93. The van der Waals surface area contributed by atoms with Crippen molar-refractivity contribution in [3.8, 4) is 0 Å². The molecule has 0 spiro atoms. The van der Waals surface area contributed by atoms with Crippen molar-refractivity contribution in [2.24, 2.45) is 11.1 Å². The molecule has 0 amide bonds. The highest BCUT2D eigenvalue weighted by Gasteiger charge is 2.43. The number of pyridine rings is 1. The molecule has 42 heavy (non-hydrogen) atoms. The van der Waals surface area contributed by atoms with Crippen LogP contribution in [0.2, 0.25) is 0 Å². The highest BCUT2D eigenvalue weighted by atomic mass is 32.2. The zero-order chi connectivity index (χ0) is 31.0. The Morgan fingerprint density at radius 3 is 2.17 bits per heavy atom. The second kappa shape index (κ2) is 13.8. The van der Waals surface area contributed by atoms with Crippen LogP contribution in [0.4, 0.5) is 13.2 Å². The standard InChI is InChI=1S/C25H28O3.C6H5F3N2O2S/c1-3-16-25(17-15-19-11-7-5-8-12-19)18-22(26)23(24(27)28-25)21(4-2)20-13-9-6-10-14-20;7-6(8,9)4-1-2-5(11-3-4)14(10,12)13/h3,5-14,16,18,21,23,26H,4,15,17H2,1-2H3;1-3H,(H2,10,12,13)/b16-3+;/t21-,23?,25+;/m0./s1. The van der Waals surface area contributed by atoms with Gasteiger partial charge in [-0.05, 0) is 55.5 Å². The number of nitrogens with zero attached hydrogens (tertiary/aromatic N) is 1. The molecule has 3 N–H and O–H groups in total. The van der Waals surface area contributed by atoms with Crippen LogP contribution in [0, 0.1) is 5.92 Å². The van der Waals surface area contributed by atoms with E-state index < -0.39 is 38.3 Å². The average molecular weight is 603 g/mol. The van der Waals surface area contributed by atoms with Gasteiger partial charge in [0, 0.05) is 18.2 Å². The third-order valence-corrected chi connectivity index (χ3v) is 7.60. The number of rotatable bonds is 8. The molecule has 0 aliphatic carbocycles. The van der Waals surface area contributed by atoms with E-state index in [1.807, 2.05) is 74.5 Å². The van der Waals surface area contributed by atoms with Crippen LogP contribution in [0.15, 0.2) is 108 Å². The number of carbonyl (C=O) groups excluding carboxylic acids is 1. The highest BCUT2D eigenvalue weighted by Crippen LogP contribution is 2.40. The molecule has 1 unspecified atom stereocenters. The molecule has 4 rings (SSSR count). The molecule has 7 nitrogen and oxygen atoms in total. The van der Waals surface area contributed by atoms with Gasteiger partial charge in [0.1, 0.15) is 11.7 Å². The fourth-order valence-corrected chi connectivity index (χ4v) is 5.20. The van der Waals surface area contributed by atoms with Crippen molar-refractivity contribution in [3.05, 3.63) is 120 Å². The molecule has 224 valence electrons. The number of aromatic nitrogens is 1. The highest BCUT2D eigenvalue weighted by molar-refractivity contribution is 7.89. The number of benzene rings is 2. The number of cyclic esters (lactones) is 1. The summed E-state index contributed by atoms with van der Waals surface area (Å²) < 4.78 is 63.2. The van der Waals surface area contributed by atoms with Gasteiger partial charge in [0.25, 0.3) is 10.0 Å². The fraction of sp³-hybridized carbons (Fsp3) is 0.290. The first-order valence-corrected chi connectivity index (χ1v) is 14.8. The van der Waals surface area contributed by atoms with Crippen molar-refractivity contribution >= 4 is 16.0 Å². The number of primary sulfonamides is 1. The van der Waals surface area contributed by atoms with Crippen LogP contribution in [0.3, 0.4) is 0 Å². The molecular weight excluding hydrogens is 569 g/mol. The van der Waals surface area contributed by atoms with E-state index in [0.717, 1.165) is 18.4 Å². The van der Waals surface area contributed by atoms with Crippen LogP contribution < -0.4 is 5.14 Å². The third kappa shape index (κ3) is 8.53. The Hall–Kier alpha value is -3.96. The Labute approximate surface area is 243 Å². The summed E-state index contributed by atoms with van der Waals surface area (Å²) in [5, 5.41) is 14.9. The van der Waals surface area contributed by atoms with Gasteiger partial charge in [0.05, 0.1) is 5.56 Å². The Morgan fingerprint density at radius 2 is 1.69 bits per heavy atom. The monoisotopic (exact) mass is 602 g/mol. The predicted molar refractivity (Wildman–Crippen MR) is 153 cm³/mol. The van der Waals surface area contributed by atoms with E-state index in [1.165, 1.54) is 5.56 Å². The van der Waals surface area contributed by atoms with Crippen LogP contribution in [0.5, 0.6) is 0 Å². The zero-order valence-electron chi connectivity index (χ0n) is 23.2. The van der Waals surface area contributed by atoms with Gasteiger partial charge < -0.3 is 9.84 Å². The molecule has 0 saturated heterocycles. The minimum Gasteiger partial charge on any atom is -0.512 e. The Balaban J connectivity index is 0.000000291. The number of hydrogen-bond acceptors (Lipinski definition) is 6. The number of ether oxygens (including phenoxy) is 1. The first-order valence-electron chi connectivity index (χ1n) is 13.2.